The first-order valence-electron chi connectivity index (χ1n) is 11.6. The molecule has 1 amide bonds. The average molecular weight is 581 g/mol. The van der Waals surface area contributed by atoms with Crippen LogP contribution in [0.1, 0.15) is 21.6 Å². The van der Waals surface area contributed by atoms with Crippen LogP contribution in [0.3, 0.4) is 0 Å². The molecule has 0 spiro atoms. The van der Waals surface area contributed by atoms with E-state index in [4.69, 9.17) is 0 Å². The summed E-state index contributed by atoms with van der Waals surface area (Å²) in [6, 6.07) is 13.4. The molecule has 1 aromatic heterocycles. The molecule has 0 fully saturated rings. The van der Waals surface area contributed by atoms with Crippen molar-refractivity contribution in [2.45, 2.75) is 25.0 Å². The molecule has 0 saturated heterocycles. The first-order chi connectivity index (χ1) is 19.2. The molecule has 0 unspecified atom stereocenters. The molecule has 0 saturated carbocycles. The van der Waals surface area contributed by atoms with E-state index in [0.717, 1.165) is 36.4 Å². The summed E-state index contributed by atoms with van der Waals surface area (Å²) < 4.78 is 96.2. The van der Waals surface area contributed by atoms with Crippen molar-refractivity contribution >= 4 is 11.9 Å². The number of carbonyl (C=O) groups excluding carboxylic acids is 1. The number of nitrogens with one attached hydrogen (secondary N) is 1. The summed E-state index contributed by atoms with van der Waals surface area (Å²) in [4.78, 5) is 24.6. The maximum atomic E-state index is 13.9. The van der Waals surface area contributed by atoms with Gasteiger partial charge in [0.15, 0.2) is 5.69 Å². The van der Waals surface area contributed by atoms with Crippen LogP contribution in [0.5, 0.6) is 5.75 Å². The highest BCUT2D eigenvalue weighted by molar-refractivity contribution is 5.97. The van der Waals surface area contributed by atoms with Gasteiger partial charge in [-0.1, -0.05) is 36.4 Å². The molecule has 1 heterocycles. The Morgan fingerprint density at radius 2 is 1.44 bits per heavy atom. The van der Waals surface area contributed by atoms with Crippen LogP contribution in [0.4, 0.5) is 30.7 Å². The highest BCUT2D eigenvalue weighted by Gasteiger charge is 2.41. The van der Waals surface area contributed by atoms with Crippen LogP contribution in [0.2, 0.25) is 0 Å². The molecule has 41 heavy (non-hydrogen) atoms. The minimum Gasteiger partial charge on any atom is -0.480 e. The first-order valence-corrected chi connectivity index (χ1v) is 11.6. The maximum absolute atomic E-state index is 13.9. The van der Waals surface area contributed by atoms with Crippen molar-refractivity contribution < 1.29 is 50.2 Å². The fraction of sp³-hybridized carbons (Fsp3) is 0.148. The lowest BCUT2D eigenvalue weighted by atomic mass is 10.0. The number of amides is 1. The number of benzene rings is 3. The van der Waals surface area contributed by atoms with Gasteiger partial charge in [-0.25, -0.2) is 13.9 Å². The Balaban J connectivity index is 1.50. The minimum absolute atomic E-state index is 0.171. The molecule has 4 aromatic rings. The molecule has 214 valence electrons. The molecule has 0 aliphatic rings. The van der Waals surface area contributed by atoms with E-state index in [1.165, 1.54) is 24.3 Å². The molecular weight excluding hydrogens is 563 g/mol. The quantitative estimate of drug-likeness (QED) is 0.248. The van der Waals surface area contributed by atoms with Gasteiger partial charge in [0.1, 0.15) is 17.6 Å². The fourth-order valence-electron chi connectivity index (χ4n) is 3.92. The third kappa shape index (κ3) is 7.21. The van der Waals surface area contributed by atoms with Gasteiger partial charge < -0.3 is 15.2 Å². The second-order valence-electron chi connectivity index (χ2n) is 8.63. The monoisotopic (exact) mass is 581 g/mol. The molecule has 0 aliphatic carbocycles. The number of carbonyl (C=O) groups is 2. The van der Waals surface area contributed by atoms with E-state index in [1.807, 2.05) is 0 Å². The van der Waals surface area contributed by atoms with Crippen LogP contribution in [-0.2, 0) is 17.4 Å². The normalized spacial score (nSPS) is 12.6. The van der Waals surface area contributed by atoms with Crippen molar-refractivity contribution in [3.63, 3.8) is 0 Å². The van der Waals surface area contributed by atoms with E-state index in [1.54, 1.807) is 12.1 Å². The molecule has 2 N–H and O–H groups in total. The number of carboxylic acid groups (broad SMARTS) is 1. The van der Waals surface area contributed by atoms with Gasteiger partial charge in [-0.3, -0.25) is 4.79 Å². The van der Waals surface area contributed by atoms with E-state index < -0.39 is 53.3 Å². The number of rotatable bonds is 8. The van der Waals surface area contributed by atoms with E-state index in [-0.39, 0.29) is 12.1 Å². The second-order valence-corrected chi connectivity index (χ2v) is 8.63. The van der Waals surface area contributed by atoms with Crippen LogP contribution < -0.4 is 10.1 Å². The highest BCUT2D eigenvalue weighted by atomic mass is 19.4. The molecule has 14 heteroatoms. The number of hydrogen-bond donors (Lipinski definition) is 2. The van der Waals surface area contributed by atoms with Gasteiger partial charge in [0.25, 0.3) is 5.91 Å². The van der Waals surface area contributed by atoms with Gasteiger partial charge in [0.2, 0.25) is 0 Å². The molecule has 0 aliphatic heterocycles. The van der Waals surface area contributed by atoms with Crippen LogP contribution in [0.25, 0.3) is 16.8 Å². The van der Waals surface area contributed by atoms with Crippen LogP contribution in [0, 0.1) is 5.82 Å². The lowest BCUT2D eigenvalue weighted by molar-refractivity contribution is -0.274. The van der Waals surface area contributed by atoms with Gasteiger partial charge >= 0.3 is 18.5 Å². The van der Waals surface area contributed by atoms with E-state index >= 15 is 0 Å². The van der Waals surface area contributed by atoms with Gasteiger partial charge in [-0.15, -0.1) is 13.2 Å². The molecule has 0 radical (unpaired) electrons. The SMILES string of the molecule is O=C(N[C@@H](Cc1ccc(-c2ccc(OC(F)(F)F)cc2)cc1)C(=O)O)c1cnn(-c2ccc(F)cc2)c1C(F)(F)F. The third-order valence-electron chi connectivity index (χ3n) is 5.77. The van der Waals surface area contributed by atoms with Gasteiger partial charge in [-0.2, -0.15) is 18.3 Å². The van der Waals surface area contributed by atoms with Gasteiger partial charge in [-0.05, 0) is 53.1 Å². The number of aliphatic carboxylic acids is 1. The zero-order valence-electron chi connectivity index (χ0n) is 20.5. The smallest absolute Gasteiger partial charge is 0.480 e. The lowest BCUT2D eigenvalue weighted by Crippen LogP contribution is -2.42. The van der Waals surface area contributed by atoms with Crippen molar-refractivity contribution in [2.24, 2.45) is 0 Å². The first kappa shape index (κ1) is 29.1. The lowest BCUT2D eigenvalue weighted by Gasteiger charge is -2.16. The summed E-state index contributed by atoms with van der Waals surface area (Å²) in [6.45, 7) is 0. The Labute approximate surface area is 226 Å². The Kier molecular flexibility index (Phi) is 8.03. The third-order valence-corrected chi connectivity index (χ3v) is 5.77. The number of aromatic nitrogens is 2. The number of halogens is 7. The van der Waals surface area contributed by atoms with Crippen molar-refractivity contribution in [3.05, 3.63) is 102 Å². The molecule has 1 atom stereocenters. The maximum Gasteiger partial charge on any atom is 0.573 e. The van der Waals surface area contributed by atoms with E-state index in [2.05, 4.69) is 15.2 Å². The summed E-state index contributed by atoms with van der Waals surface area (Å²) in [7, 11) is 0. The zero-order chi connectivity index (χ0) is 29.9. The topological polar surface area (TPSA) is 93.4 Å². The van der Waals surface area contributed by atoms with Crippen LogP contribution in [0.15, 0.2) is 79.0 Å². The minimum atomic E-state index is -5.07. The number of ether oxygens (including phenoxy) is 1. The zero-order valence-corrected chi connectivity index (χ0v) is 20.5. The van der Waals surface area contributed by atoms with E-state index in [0.29, 0.717) is 27.6 Å². The summed E-state index contributed by atoms with van der Waals surface area (Å²) in [5.41, 5.74) is -1.06. The molecule has 0 bridgehead atoms. The van der Waals surface area contributed by atoms with Crippen molar-refractivity contribution in [1.82, 2.24) is 15.1 Å². The molecular formula is C27H18F7N3O4. The summed E-state index contributed by atoms with van der Waals surface area (Å²) in [6.07, 6.45) is -9.56. The van der Waals surface area contributed by atoms with Crippen molar-refractivity contribution in [1.29, 1.82) is 0 Å². The fourth-order valence-corrected chi connectivity index (χ4v) is 3.92. The number of alkyl halides is 6. The summed E-state index contributed by atoms with van der Waals surface area (Å²) in [5, 5.41) is 15.3. The summed E-state index contributed by atoms with van der Waals surface area (Å²) >= 11 is 0. The Morgan fingerprint density at radius 1 is 0.878 bits per heavy atom. The number of nitrogens with zero attached hydrogens (tertiary/aromatic N) is 2. The van der Waals surface area contributed by atoms with Gasteiger partial charge in [0, 0.05) is 6.42 Å². The van der Waals surface area contributed by atoms with Crippen molar-refractivity contribution in [3.8, 4) is 22.6 Å². The predicted octanol–water partition coefficient (Wildman–Crippen LogP) is 6.02. The Hall–Kier alpha value is -4.88. The standard InChI is InChI=1S/C27H18F7N3O4/c28-18-7-9-19(10-8-18)37-23(26(29,30)31)21(14-35-37)24(38)36-22(25(39)40)13-15-1-3-16(4-2-15)17-5-11-20(12-6-17)41-27(32,33)34/h1-12,14,22H,13H2,(H,36,38)(H,39,40)/t22-/m0/s1. The highest BCUT2D eigenvalue weighted by Crippen LogP contribution is 2.34. The average Bonchev–Trinajstić information content (AvgIpc) is 3.35. The predicted molar refractivity (Wildman–Crippen MR) is 130 cm³/mol. The molecule has 7 nitrogen and oxygen atoms in total. The largest absolute Gasteiger partial charge is 0.573 e. The van der Waals surface area contributed by atoms with Crippen LogP contribution >= 0.6 is 0 Å². The van der Waals surface area contributed by atoms with Gasteiger partial charge in [0.05, 0.1) is 17.4 Å². The van der Waals surface area contributed by atoms with Crippen molar-refractivity contribution in [2.75, 3.05) is 0 Å². The second kappa shape index (κ2) is 11.3. The Morgan fingerprint density at radius 3 is 1.95 bits per heavy atom. The number of hydrogen-bond acceptors (Lipinski definition) is 4. The summed E-state index contributed by atoms with van der Waals surface area (Å²) in [5.74, 6) is -3.95. The van der Waals surface area contributed by atoms with E-state index in [9.17, 15) is 45.4 Å². The Bertz CT molecular complexity index is 1530. The molecule has 3 aromatic carbocycles. The molecule has 4 rings (SSSR count). The van der Waals surface area contributed by atoms with Crippen LogP contribution in [-0.4, -0.2) is 39.2 Å². The number of carboxylic acids is 1.